The number of phenolic OH excluding ortho intramolecular Hbond substituents is 1. The van der Waals surface area contributed by atoms with Gasteiger partial charge < -0.3 is 10.4 Å². The average Bonchev–Trinajstić information content (AvgIpc) is 2.30. The molecular formula is C17H27NO2. The summed E-state index contributed by atoms with van der Waals surface area (Å²) in [6.45, 7) is 11.9. The van der Waals surface area contributed by atoms with E-state index in [2.05, 4.69) is 19.2 Å². The van der Waals surface area contributed by atoms with Gasteiger partial charge in [0.1, 0.15) is 5.75 Å². The molecule has 1 aromatic rings. The molecule has 20 heavy (non-hydrogen) atoms. The topological polar surface area (TPSA) is 49.3 Å². The molecule has 1 rings (SSSR count). The molecule has 0 aromatic heterocycles. The zero-order valence-electron chi connectivity index (χ0n) is 13.4. The summed E-state index contributed by atoms with van der Waals surface area (Å²) in [6.07, 6.45) is 0.674. The van der Waals surface area contributed by atoms with E-state index in [1.54, 1.807) is 12.1 Å². The van der Waals surface area contributed by atoms with Crippen LogP contribution < -0.4 is 5.32 Å². The summed E-state index contributed by atoms with van der Waals surface area (Å²) in [7, 11) is 0. The zero-order chi connectivity index (χ0) is 15.4. The Bertz CT molecular complexity index is 455. The van der Waals surface area contributed by atoms with E-state index >= 15 is 0 Å². The number of aromatic hydroxyl groups is 1. The Morgan fingerprint density at radius 3 is 2.05 bits per heavy atom. The van der Waals surface area contributed by atoms with Gasteiger partial charge >= 0.3 is 0 Å². The molecule has 0 amide bonds. The van der Waals surface area contributed by atoms with E-state index in [0.717, 1.165) is 16.7 Å². The van der Waals surface area contributed by atoms with Crippen LogP contribution in [0.5, 0.6) is 5.75 Å². The van der Waals surface area contributed by atoms with Gasteiger partial charge in [-0.1, -0.05) is 27.7 Å². The molecule has 0 heterocycles. The first-order valence-electron chi connectivity index (χ1n) is 7.31. The monoisotopic (exact) mass is 277 g/mol. The van der Waals surface area contributed by atoms with Crippen LogP contribution in [0.4, 0.5) is 0 Å². The van der Waals surface area contributed by atoms with Gasteiger partial charge in [0, 0.05) is 12.0 Å². The molecule has 1 aromatic carbocycles. The molecular weight excluding hydrogens is 250 g/mol. The fourth-order valence-electron chi connectivity index (χ4n) is 2.54. The zero-order valence-corrected chi connectivity index (χ0v) is 13.4. The van der Waals surface area contributed by atoms with Crippen molar-refractivity contribution in [1.82, 2.24) is 5.32 Å². The number of rotatable bonds is 6. The highest BCUT2D eigenvalue weighted by molar-refractivity contribution is 5.86. The number of phenols is 1. The Morgan fingerprint density at radius 2 is 1.65 bits per heavy atom. The van der Waals surface area contributed by atoms with Crippen LogP contribution in [0.3, 0.4) is 0 Å². The van der Waals surface area contributed by atoms with Crippen molar-refractivity contribution in [2.45, 2.75) is 60.0 Å². The summed E-state index contributed by atoms with van der Waals surface area (Å²) >= 11 is 0. The van der Waals surface area contributed by atoms with Crippen LogP contribution in [-0.2, 0) is 11.2 Å². The molecule has 112 valence electrons. The summed E-state index contributed by atoms with van der Waals surface area (Å²) in [5.74, 6) is 0.543. The van der Waals surface area contributed by atoms with Crippen LogP contribution >= 0.6 is 0 Å². The van der Waals surface area contributed by atoms with E-state index in [4.69, 9.17) is 0 Å². The first-order valence-corrected chi connectivity index (χ1v) is 7.31. The minimum Gasteiger partial charge on any atom is -0.508 e. The average molecular weight is 277 g/mol. The number of nitrogens with one attached hydrogen (secondary N) is 1. The van der Waals surface area contributed by atoms with Crippen LogP contribution in [0.15, 0.2) is 12.1 Å². The van der Waals surface area contributed by atoms with Crippen molar-refractivity contribution in [3.8, 4) is 5.75 Å². The van der Waals surface area contributed by atoms with Gasteiger partial charge in [-0.25, -0.2) is 0 Å². The molecule has 0 fully saturated rings. The van der Waals surface area contributed by atoms with Gasteiger partial charge in [0.05, 0.1) is 6.04 Å². The predicted octanol–water partition coefficient (Wildman–Crippen LogP) is 3.14. The smallest absolute Gasteiger partial charge is 0.152 e. The maximum Gasteiger partial charge on any atom is 0.152 e. The molecule has 0 aliphatic carbocycles. The van der Waals surface area contributed by atoms with Gasteiger partial charge in [-0.3, -0.25) is 4.79 Å². The second-order valence-electron chi connectivity index (χ2n) is 6.19. The maximum absolute atomic E-state index is 12.4. The summed E-state index contributed by atoms with van der Waals surface area (Å²) in [5.41, 5.74) is 3.22. The van der Waals surface area contributed by atoms with Crippen molar-refractivity contribution in [1.29, 1.82) is 0 Å². The number of carbonyl (C=O) groups excluding carboxylic acids is 1. The van der Waals surface area contributed by atoms with E-state index < -0.39 is 0 Å². The Hall–Kier alpha value is -1.35. The third kappa shape index (κ3) is 4.34. The third-order valence-electron chi connectivity index (χ3n) is 3.54. The van der Waals surface area contributed by atoms with Gasteiger partial charge in [-0.2, -0.15) is 0 Å². The Morgan fingerprint density at radius 1 is 1.15 bits per heavy atom. The lowest BCUT2D eigenvalue weighted by molar-refractivity contribution is -0.124. The second kappa shape index (κ2) is 6.89. The molecule has 1 unspecified atom stereocenters. The molecule has 0 aliphatic heterocycles. The Kier molecular flexibility index (Phi) is 5.75. The molecule has 0 spiro atoms. The second-order valence-corrected chi connectivity index (χ2v) is 6.19. The SMILES string of the molecule is Cc1cc(O)cc(C)c1CC(NC(C)C)C(=O)C(C)C. The minimum atomic E-state index is -0.169. The first-order chi connectivity index (χ1) is 9.22. The highest BCUT2D eigenvalue weighted by Gasteiger charge is 2.23. The number of aryl methyl sites for hydroxylation is 2. The summed E-state index contributed by atoms with van der Waals surface area (Å²) in [5, 5.41) is 13.0. The number of ketones is 1. The fraction of sp³-hybridized carbons (Fsp3) is 0.588. The standard InChI is InChI=1S/C17H27NO2/c1-10(2)17(20)16(18-11(3)4)9-15-12(5)7-14(19)8-13(15)6/h7-8,10-11,16,18-19H,9H2,1-6H3. The normalized spacial score (nSPS) is 13.0. The lowest BCUT2D eigenvalue weighted by Crippen LogP contribution is -2.44. The van der Waals surface area contributed by atoms with Crippen molar-refractivity contribution in [2.75, 3.05) is 0 Å². The first kappa shape index (κ1) is 16.7. The van der Waals surface area contributed by atoms with E-state index in [1.165, 1.54) is 0 Å². The molecule has 0 saturated heterocycles. The third-order valence-corrected chi connectivity index (χ3v) is 3.54. The van der Waals surface area contributed by atoms with Crippen molar-refractivity contribution in [2.24, 2.45) is 5.92 Å². The predicted molar refractivity (Wildman–Crippen MR) is 83.2 cm³/mol. The Labute approximate surface area is 122 Å². The van der Waals surface area contributed by atoms with Crippen LogP contribution in [-0.4, -0.2) is 23.0 Å². The van der Waals surface area contributed by atoms with Crippen LogP contribution in [0.25, 0.3) is 0 Å². The van der Waals surface area contributed by atoms with Crippen molar-refractivity contribution in [3.63, 3.8) is 0 Å². The lowest BCUT2D eigenvalue weighted by atomic mass is 9.91. The summed E-state index contributed by atoms with van der Waals surface area (Å²) < 4.78 is 0. The van der Waals surface area contributed by atoms with Crippen LogP contribution in [0.1, 0.15) is 44.4 Å². The van der Waals surface area contributed by atoms with E-state index in [1.807, 2.05) is 27.7 Å². The maximum atomic E-state index is 12.4. The Balaban J connectivity index is 3.04. The van der Waals surface area contributed by atoms with Gasteiger partial charge in [-0.05, 0) is 49.1 Å². The van der Waals surface area contributed by atoms with E-state index in [-0.39, 0.29) is 29.5 Å². The summed E-state index contributed by atoms with van der Waals surface area (Å²) in [6, 6.07) is 3.61. The van der Waals surface area contributed by atoms with Crippen LogP contribution in [0, 0.1) is 19.8 Å². The van der Waals surface area contributed by atoms with E-state index in [0.29, 0.717) is 6.42 Å². The fourth-order valence-corrected chi connectivity index (χ4v) is 2.54. The highest BCUT2D eigenvalue weighted by Crippen LogP contribution is 2.22. The largest absolute Gasteiger partial charge is 0.508 e. The van der Waals surface area contributed by atoms with Gasteiger partial charge in [0.2, 0.25) is 0 Å². The molecule has 3 heteroatoms. The van der Waals surface area contributed by atoms with E-state index in [9.17, 15) is 9.90 Å². The molecule has 0 saturated carbocycles. The molecule has 0 radical (unpaired) electrons. The summed E-state index contributed by atoms with van der Waals surface area (Å²) in [4.78, 5) is 12.4. The highest BCUT2D eigenvalue weighted by atomic mass is 16.3. The molecule has 3 nitrogen and oxygen atoms in total. The van der Waals surface area contributed by atoms with Crippen molar-refractivity contribution in [3.05, 3.63) is 28.8 Å². The number of Topliss-reactive ketones (excluding diaryl/α,β-unsaturated/α-hetero) is 1. The van der Waals surface area contributed by atoms with Crippen molar-refractivity contribution < 1.29 is 9.90 Å². The van der Waals surface area contributed by atoms with Crippen molar-refractivity contribution >= 4 is 5.78 Å². The molecule has 0 bridgehead atoms. The number of carbonyl (C=O) groups is 1. The molecule has 1 atom stereocenters. The lowest BCUT2D eigenvalue weighted by Gasteiger charge is -2.23. The molecule has 2 N–H and O–H groups in total. The molecule has 0 aliphatic rings. The minimum absolute atomic E-state index is 0.0176. The number of hydrogen-bond acceptors (Lipinski definition) is 3. The van der Waals surface area contributed by atoms with Gasteiger partial charge in [0.15, 0.2) is 5.78 Å². The quantitative estimate of drug-likeness (QED) is 0.840. The number of hydrogen-bond donors (Lipinski definition) is 2. The van der Waals surface area contributed by atoms with Gasteiger partial charge in [0.25, 0.3) is 0 Å². The van der Waals surface area contributed by atoms with Gasteiger partial charge in [-0.15, -0.1) is 0 Å². The van der Waals surface area contributed by atoms with Crippen LogP contribution in [0.2, 0.25) is 0 Å². The number of benzene rings is 1.